The molecular formula is C44H80N4O12. The molecule has 0 amide bonds. The summed E-state index contributed by atoms with van der Waals surface area (Å²) in [6, 6.07) is 0. The first-order valence-corrected chi connectivity index (χ1v) is 21.8. The normalized spacial score (nSPS) is 28.9. The standard InChI is InChI=1S/C44H80N4O12/c1-37(2)19-27(20-38(3,4)45(37)53)57-33(49)17-31(35(51)59-29-23-41(9,10)47(55)42(11,12)24-29)32(36(52)60-30-25-43(13,14)48(56)44(15,16)26-30)18-34(50)58-28-21-39(5,6)46(54)40(7,8)22-28/h27-32,35,51,53-56H,17-26H2,1-16H3. The maximum Gasteiger partial charge on any atom is 0.310 e. The Balaban J connectivity index is 1.72. The number of nitrogens with zero attached hydrogens (tertiary/aromatic N) is 4. The molecule has 4 rings (SSSR count). The Hall–Kier alpha value is -1.99. The van der Waals surface area contributed by atoms with Gasteiger partial charge in [0.25, 0.3) is 0 Å². The monoisotopic (exact) mass is 857 g/mol. The van der Waals surface area contributed by atoms with Crippen molar-refractivity contribution in [3.05, 3.63) is 0 Å². The minimum atomic E-state index is -1.76. The smallest absolute Gasteiger partial charge is 0.310 e. The van der Waals surface area contributed by atoms with E-state index in [0.717, 1.165) is 0 Å². The summed E-state index contributed by atoms with van der Waals surface area (Å²) in [5.41, 5.74) is -5.98. The van der Waals surface area contributed by atoms with Crippen LogP contribution in [-0.4, -0.2) is 139 Å². The van der Waals surface area contributed by atoms with Gasteiger partial charge in [-0.1, -0.05) is 0 Å². The van der Waals surface area contributed by atoms with Crippen LogP contribution in [0.3, 0.4) is 0 Å². The second kappa shape index (κ2) is 17.2. The lowest BCUT2D eigenvalue weighted by Crippen LogP contribution is -2.61. The lowest BCUT2D eigenvalue weighted by molar-refractivity contribution is -0.281. The largest absolute Gasteiger partial charge is 0.462 e. The Bertz CT molecular complexity index is 1490. The highest BCUT2D eigenvalue weighted by atomic mass is 16.6. The highest BCUT2D eigenvalue weighted by Gasteiger charge is 2.52. The fraction of sp³-hybridized carbons (Fsp3) is 0.932. The average molecular weight is 857 g/mol. The number of aliphatic hydroxyl groups is 1. The molecule has 4 fully saturated rings. The average Bonchev–Trinajstić information content (AvgIpc) is 3.04. The molecular weight excluding hydrogens is 776 g/mol. The lowest BCUT2D eigenvalue weighted by Gasteiger charge is -2.52. The summed E-state index contributed by atoms with van der Waals surface area (Å²) >= 11 is 0. The summed E-state index contributed by atoms with van der Waals surface area (Å²) in [6.45, 7) is 29.6. The minimum absolute atomic E-state index is 0.268. The van der Waals surface area contributed by atoms with Crippen molar-refractivity contribution in [3.63, 3.8) is 0 Å². The van der Waals surface area contributed by atoms with E-state index in [1.54, 1.807) is 0 Å². The summed E-state index contributed by atoms with van der Waals surface area (Å²) in [6.07, 6.45) is -2.95. The summed E-state index contributed by atoms with van der Waals surface area (Å²) in [4.78, 5) is 43.0. The zero-order valence-corrected chi connectivity index (χ0v) is 39.5. The van der Waals surface area contributed by atoms with E-state index in [4.69, 9.17) is 18.9 Å². The maximum absolute atomic E-state index is 14.7. The first kappa shape index (κ1) is 50.7. The number of hydrogen-bond donors (Lipinski definition) is 5. The van der Waals surface area contributed by atoms with Crippen molar-refractivity contribution in [1.82, 2.24) is 20.3 Å². The van der Waals surface area contributed by atoms with E-state index in [1.165, 1.54) is 20.3 Å². The van der Waals surface area contributed by atoms with Crippen LogP contribution < -0.4 is 0 Å². The van der Waals surface area contributed by atoms with E-state index in [-0.39, 0.29) is 12.8 Å². The molecule has 0 aromatic rings. The number of ether oxygens (including phenoxy) is 4. The van der Waals surface area contributed by atoms with Crippen LogP contribution in [0.25, 0.3) is 0 Å². The van der Waals surface area contributed by atoms with Gasteiger partial charge >= 0.3 is 17.9 Å². The molecule has 16 nitrogen and oxygen atoms in total. The van der Waals surface area contributed by atoms with Crippen LogP contribution in [0.2, 0.25) is 0 Å². The molecule has 0 spiro atoms. The van der Waals surface area contributed by atoms with E-state index in [2.05, 4.69) is 0 Å². The molecule has 4 aliphatic rings. The van der Waals surface area contributed by atoms with Gasteiger partial charge in [-0.05, 0) is 124 Å². The number of rotatable bonds is 12. The van der Waals surface area contributed by atoms with Gasteiger partial charge < -0.3 is 44.9 Å². The molecule has 60 heavy (non-hydrogen) atoms. The van der Waals surface area contributed by atoms with Gasteiger partial charge in [0.2, 0.25) is 0 Å². The fourth-order valence-electron chi connectivity index (χ4n) is 11.3. The molecule has 0 aromatic heterocycles. The zero-order chi connectivity index (χ0) is 46.0. The second-order valence-electron chi connectivity index (χ2n) is 23.5. The first-order chi connectivity index (χ1) is 26.9. The predicted octanol–water partition coefficient (Wildman–Crippen LogP) is 6.61. The van der Waals surface area contributed by atoms with Crippen molar-refractivity contribution in [2.24, 2.45) is 11.8 Å². The van der Waals surface area contributed by atoms with Gasteiger partial charge in [0.15, 0.2) is 6.29 Å². The quantitative estimate of drug-likeness (QED) is 0.0797. The third-order valence-corrected chi connectivity index (χ3v) is 13.6. The van der Waals surface area contributed by atoms with Gasteiger partial charge in [-0.2, -0.15) is 20.3 Å². The van der Waals surface area contributed by atoms with Gasteiger partial charge in [-0.3, -0.25) is 14.4 Å². The van der Waals surface area contributed by atoms with Crippen molar-refractivity contribution in [2.75, 3.05) is 0 Å². The molecule has 0 aliphatic carbocycles. The van der Waals surface area contributed by atoms with Crippen molar-refractivity contribution in [2.45, 2.75) is 250 Å². The number of hydroxylamine groups is 8. The molecule has 0 saturated carbocycles. The molecule has 0 bridgehead atoms. The topological polar surface area (TPSA) is 202 Å². The predicted molar refractivity (Wildman–Crippen MR) is 221 cm³/mol. The summed E-state index contributed by atoms with van der Waals surface area (Å²) in [5, 5.41) is 61.0. The van der Waals surface area contributed by atoms with Crippen LogP contribution in [0.15, 0.2) is 0 Å². The van der Waals surface area contributed by atoms with Gasteiger partial charge in [-0.15, -0.1) is 0 Å². The fourth-order valence-corrected chi connectivity index (χ4v) is 11.3. The van der Waals surface area contributed by atoms with E-state index < -0.39 is 118 Å². The summed E-state index contributed by atoms with van der Waals surface area (Å²) in [5.74, 6) is -5.09. The van der Waals surface area contributed by atoms with Gasteiger partial charge in [0, 0.05) is 88.8 Å². The Morgan fingerprint density at radius 3 is 1.00 bits per heavy atom. The third-order valence-electron chi connectivity index (χ3n) is 13.6. The molecule has 5 N–H and O–H groups in total. The molecule has 3 unspecified atom stereocenters. The molecule has 0 radical (unpaired) electrons. The molecule has 348 valence electrons. The van der Waals surface area contributed by atoms with E-state index in [9.17, 15) is 40.3 Å². The van der Waals surface area contributed by atoms with Crippen molar-refractivity contribution in [3.8, 4) is 0 Å². The van der Waals surface area contributed by atoms with Crippen LogP contribution in [0.4, 0.5) is 0 Å². The SMILES string of the molecule is CC1(C)CC(OC(=O)CC(C(=O)OC2CC(C)(C)N(O)C(C)(C)C2)C(CC(=O)OC2CC(C)(C)N(O)C(C)(C)C2)C(O)OC2CC(C)(C)N(O)C(C)(C)C2)CC(C)(C)N1O. The Morgan fingerprint density at radius 1 is 0.450 bits per heavy atom. The zero-order valence-electron chi connectivity index (χ0n) is 39.5. The molecule has 4 saturated heterocycles. The van der Waals surface area contributed by atoms with E-state index in [1.807, 2.05) is 111 Å². The van der Waals surface area contributed by atoms with Gasteiger partial charge in [0.1, 0.15) is 18.3 Å². The number of hydrogen-bond acceptors (Lipinski definition) is 16. The molecule has 16 heteroatoms. The highest BCUT2D eigenvalue weighted by molar-refractivity contribution is 5.81. The Kier molecular flexibility index (Phi) is 14.5. The number of esters is 3. The first-order valence-electron chi connectivity index (χ1n) is 21.8. The number of carbonyl (C=O) groups is 3. The van der Waals surface area contributed by atoms with Crippen molar-refractivity contribution >= 4 is 17.9 Å². The summed E-state index contributed by atoms with van der Waals surface area (Å²) in [7, 11) is 0. The molecule has 4 heterocycles. The van der Waals surface area contributed by atoms with Crippen molar-refractivity contribution < 1.29 is 59.3 Å². The van der Waals surface area contributed by atoms with Crippen LogP contribution in [0, 0.1) is 11.8 Å². The van der Waals surface area contributed by atoms with E-state index >= 15 is 0 Å². The van der Waals surface area contributed by atoms with Crippen molar-refractivity contribution in [1.29, 1.82) is 0 Å². The van der Waals surface area contributed by atoms with Crippen LogP contribution in [0.5, 0.6) is 0 Å². The molecule has 3 atom stereocenters. The van der Waals surface area contributed by atoms with Gasteiger partial charge in [-0.25, -0.2) is 0 Å². The Morgan fingerprint density at radius 2 is 0.700 bits per heavy atom. The number of aliphatic hydroxyl groups excluding tert-OH is 1. The number of carbonyl (C=O) groups excluding carboxylic acids is 3. The molecule has 0 aromatic carbocycles. The Labute approximate surface area is 358 Å². The molecule has 4 aliphatic heterocycles. The van der Waals surface area contributed by atoms with Gasteiger partial charge in [0.05, 0.1) is 24.9 Å². The second-order valence-corrected chi connectivity index (χ2v) is 23.5. The number of piperidine rings is 4. The maximum atomic E-state index is 14.7. The van der Waals surface area contributed by atoms with E-state index in [0.29, 0.717) is 38.5 Å². The van der Waals surface area contributed by atoms with Crippen LogP contribution in [0.1, 0.15) is 175 Å². The van der Waals surface area contributed by atoms with Crippen LogP contribution >= 0.6 is 0 Å². The highest BCUT2D eigenvalue weighted by Crippen LogP contribution is 2.43. The third kappa shape index (κ3) is 11.4. The minimum Gasteiger partial charge on any atom is -0.462 e. The van der Waals surface area contributed by atoms with Crippen LogP contribution in [-0.2, 0) is 33.3 Å². The summed E-state index contributed by atoms with van der Waals surface area (Å²) < 4.78 is 24.8. The lowest BCUT2D eigenvalue weighted by atomic mass is 9.79.